The molecule has 5 nitrogen and oxygen atoms in total. The highest BCUT2D eigenvalue weighted by molar-refractivity contribution is 7.93. The maximum atomic E-state index is 9.69. The van der Waals surface area contributed by atoms with Crippen LogP contribution in [0.2, 0.25) is 0 Å². The van der Waals surface area contributed by atoms with Crippen LogP contribution in [0.25, 0.3) is 0 Å². The maximum Gasteiger partial charge on any atom is 0.166 e. The van der Waals surface area contributed by atoms with E-state index in [1.54, 1.807) is 30.5 Å². The van der Waals surface area contributed by atoms with Gasteiger partial charge in [0.2, 0.25) is 0 Å². The largest absolute Gasteiger partial charge is 0.395 e. The highest BCUT2D eigenvalue weighted by Gasteiger charge is 2.15. The molecule has 16 heavy (non-hydrogen) atoms. The van der Waals surface area contributed by atoms with Crippen molar-refractivity contribution < 1.29 is 19.4 Å². The summed E-state index contributed by atoms with van der Waals surface area (Å²) in [4.78, 5) is 4.88. The van der Waals surface area contributed by atoms with E-state index < -0.39 is 12.1 Å². The first-order valence-corrected chi connectivity index (χ1v) is 5.85. The molecule has 0 fully saturated rings. The van der Waals surface area contributed by atoms with Gasteiger partial charge in [0.1, 0.15) is 0 Å². The molecule has 0 bridgehead atoms. The third kappa shape index (κ3) is 3.66. The molecular formula is C10H15NO4S. The summed E-state index contributed by atoms with van der Waals surface area (Å²) in [6.07, 6.45) is 0.846. The van der Waals surface area contributed by atoms with Gasteiger partial charge >= 0.3 is 0 Å². The minimum atomic E-state index is -0.888. The van der Waals surface area contributed by atoms with E-state index in [2.05, 4.69) is 4.33 Å². The lowest BCUT2D eigenvalue weighted by molar-refractivity contribution is -0.0771. The van der Waals surface area contributed by atoms with E-state index in [4.69, 9.17) is 15.7 Å². The van der Waals surface area contributed by atoms with Crippen LogP contribution in [-0.4, -0.2) is 29.1 Å². The van der Waals surface area contributed by atoms with Crippen LogP contribution in [0, 0.1) is 0 Å². The molecule has 2 atom stereocenters. The Balaban J connectivity index is 2.63. The monoisotopic (exact) mass is 245 g/mol. The Bertz CT molecular complexity index is 306. The van der Waals surface area contributed by atoms with Crippen molar-refractivity contribution in [2.24, 2.45) is 5.73 Å². The van der Waals surface area contributed by atoms with Crippen molar-refractivity contribution in [1.82, 2.24) is 0 Å². The zero-order chi connectivity index (χ0) is 12.0. The SMILES string of the molecule is CSOOc1ccc([C@@H](O)[C@H](N)CO)cc1. The van der Waals surface area contributed by atoms with Gasteiger partial charge < -0.3 is 20.8 Å². The summed E-state index contributed by atoms with van der Waals surface area (Å²) in [6, 6.07) is 5.95. The fourth-order valence-electron chi connectivity index (χ4n) is 1.14. The minimum absolute atomic E-state index is 0.269. The molecule has 0 heterocycles. The molecule has 6 heteroatoms. The highest BCUT2D eigenvalue weighted by atomic mass is 32.2. The second-order valence-corrected chi connectivity index (χ2v) is 3.65. The Morgan fingerprint density at radius 2 is 2.00 bits per heavy atom. The van der Waals surface area contributed by atoms with Crippen LogP contribution in [-0.2, 0) is 4.33 Å². The third-order valence-corrected chi connectivity index (χ3v) is 2.24. The molecule has 0 unspecified atom stereocenters. The second-order valence-electron chi connectivity index (χ2n) is 3.18. The summed E-state index contributed by atoms with van der Waals surface area (Å²) in [7, 11) is 0. The number of nitrogens with two attached hydrogens (primary N) is 1. The molecule has 90 valence electrons. The first-order valence-electron chi connectivity index (χ1n) is 4.71. The topological polar surface area (TPSA) is 84.9 Å². The van der Waals surface area contributed by atoms with Crippen molar-refractivity contribution in [3.8, 4) is 5.75 Å². The Morgan fingerprint density at radius 3 is 2.50 bits per heavy atom. The fourth-order valence-corrected chi connectivity index (χ4v) is 1.29. The standard InChI is InChI=1S/C10H15NO4S/c1-16-15-14-8-4-2-7(3-5-8)10(13)9(11)6-12/h2-5,9-10,12-13H,6,11H2,1H3/t9-,10-/m1/s1. The van der Waals surface area contributed by atoms with Gasteiger partial charge in [0, 0.05) is 18.3 Å². The summed E-state index contributed by atoms with van der Waals surface area (Å²) in [5.41, 5.74) is 6.13. The van der Waals surface area contributed by atoms with Gasteiger partial charge in [-0.2, -0.15) is 0 Å². The smallest absolute Gasteiger partial charge is 0.166 e. The second kappa shape index (κ2) is 6.72. The Hall–Kier alpha value is -0.790. The lowest BCUT2D eigenvalue weighted by atomic mass is 10.0. The normalized spacial score (nSPS) is 14.5. The van der Waals surface area contributed by atoms with Crippen molar-refractivity contribution >= 4 is 12.0 Å². The molecule has 0 radical (unpaired) electrons. The quantitative estimate of drug-likeness (QED) is 0.387. The molecule has 0 saturated carbocycles. The number of rotatable bonds is 6. The predicted molar refractivity (Wildman–Crippen MR) is 61.7 cm³/mol. The molecule has 4 N–H and O–H groups in total. The van der Waals surface area contributed by atoms with Gasteiger partial charge in [-0.15, -0.1) is 4.33 Å². The van der Waals surface area contributed by atoms with Crippen LogP contribution in [0.1, 0.15) is 11.7 Å². The molecule has 0 amide bonds. The lowest BCUT2D eigenvalue weighted by Gasteiger charge is -2.16. The average Bonchev–Trinajstić information content (AvgIpc) is 2.35. The summed E-state index contributed by atoms with van der Waals surface area (Å²) in [5.74, 6) is 0.530. The zero-order valence-electron chi connectivity index (χ0n) is 8.87. The van der Waals surface area contributed by atoms with Crippen molar-refractivity contribution in [3.05, 3.63) is 29.8 Å². The van der Waals surface area contributed by atoms with Crippen molar-refractivity contribution in [3.63, 3.8) is 0 Å². The first kappa shape index (κ1) is 13.3. The Morgan fingerprint density at radius 1 is 1.38 bits per heavy atom. The first-order chi connectivity index (χ1) is 7.69. The molecule has 1 aromatic rings. The third-order valence-electron chi connectivity index (χ3n) is 2.04. The van der Waals surface area contributed by atoms with E-state index >= 15 is 0 Å². The molecule has 1 rings (SSSR count). The number of benzene rings is 1. The molecule has 0 aliphatic rings. The van der Waals surface area contributed by atoms with Gasteiger partial charge in [-0.1, -0.05) is 12.1 Å². The molecule has 0 saturated heterocycles. The van der Waals surface area contributed by atoms with E-state index in [0.717, 1.165) is 12.0 Å². The lowest BCUT2D eigenvalue weighted by Crippen LogP contribution is -2.31. The van der Waals surface area contributed by atoms with E-state index in [-0.39, 0.29) is 6.61 Å². The minimum Gasteiger partial charge on any atom is -0.395 e. The zero-order valence-corrected chi connectivity index (χ0v) is 9.68. The van der Waals surface area contributed by atoms with Crippen LogP contribution >= 0.6 is 12.0 Å². The van der Waals surface area contributed by atoms with Crippen molar-refractivity contribution in [2.45, 2.75) is 12.1 Å². The van der Waals surface area contributed by atoms with Gasteiger partial charge in [-0.3, -0.25) is 0 Å². The van der Waals surface area contributed by atoms with Gasteiger partial charge in [-0.25, -0.2) is 0 Å². The maximum absolute atomic E-state index is 9.69. The van der Waals surface area contributed by atoms with Gasteiger partial charge in [-0.05, 0) is 17.7 Å². The van der Waals surface area contributed by atoms with Crippen LogP contribution in [0.4, 0.5) is 0 Å². The Kier molecular flexibility index (Phi) is 5.58. The van der Waals surface area contributed by atoms with Gasteiger partial charge in [0.15, 0.2) is 5.75 Å². The van der Waals surface area contributed by atoms with E-state index in [1.165, 1.54) is 0 Å². The molecule has 0 spiro atoms. The van der Waals surface area contributed by atoms with E-state index in [1.807, 2.05) is 0 Å². The number of aliphatic hydroxyl groups is 2. The average molecular weight is 245 g/mol. The van der Waals surface area contributed by atoms with Crippen molar-refractivity contribution in [2.75, 3.05) is 12.9 Å². The summed E-state index contributed by atoms with van der Waals surface area (Å²) in [6.45, 7) is -0.269. The van der Waals surface area contributed by atoms with Gasteiger partial charge in [0.25, 0.3) is 0 Å². The summed E-state index contributed by atoms with van der Waals surface area (Å²) < 4.78 is 4.68. The van der Waals surface area contributed by atoms with Gasteiger partial charge in [0.05, 0.1) is 18.8 Å². The molecular weight excluding hydrogens is 230 g/mol. The molecule has 0 aromatic heterocycles. The van der Waals surface area contributed by atoms with Crippen LogP contribution in [0.5, 0.6) is 5.75 Å². The summed E-state index contributed by atoms with van der Waals surface area (Å²) in [5, 5.41) is 18.5. The Labute approximate surface area is 98.3 Å². The highest BCUT2D eigenvalue weighted by Crippen LogP contribution is 2.20. The predicted octanol–water partition coefficient (Wildman–Crippen LogP) is 0.628. The van der Waals surface area contributed by atoms with Crippen molar-refractivity contribution in [1.29, 1.82) is 0 Å². The molecule has 0 aliphatic carbocycles. The van der Waals surface area contributed by atoms with Crippen LogP contribution in [0.15, 0.2) is 24.3 Å². The summed E-state index contributed by atoms with van der Waals surface area (Å²) >= 11 is 1.09. The van der Waals surface area contributed by atoms with Crippen LogP contribution in [0.3, 0.4) is 0 Å². The molecule has 1 aromatic carbocycles. The van der Waals surface area contributed by atoms with E-state index in [9.17, 15) is 5.11 Å². The molecule has 0 aliphatic heterocycles. The van der Waals surface area contributed by atoms with Crippen LogP contribution < -0.4 is 10.6 Å². The number of hydrogen-bond donors (Lipinski definition) is 3. The fraction of sp³-hybridized carbons (Fsp3) is 0.400. The van der Waals surface area contributed by atoms with E-state index in [0.29, 0.717) is 11.3 Å². The number of hydrogen-bond acceptors (Lipinski definition) is 6. The number of aliphatic hydroxyl groups excluding tert-OH is 2.